The molecule has 18 heavy (non-hydrogen) atoms. The first-order valence-corrected chi connectivity index (χ1v) is 6.13. The molecule has 1 saturated heterocycles. The molecule has 1 heterocycles. The minimum absolute atomic E-state index is 0.0114. The summed E-state index contributed by atoms with van der Waals surface area (Å²) in [6.07, 6.45) is 0.0114. The van der Waals surface area contributed by atoms with Crippen LogP contribution in [0.1, 0.15) is 12.5 Å². The highest BCUT2D eigenvalue weighted by molar-refractivity contribution is 6.30. The van der Waals surface area contributed by atoms with Crippen LogP contribution in [0.5, 0.6) is 5.75 Å². The normalized spacial score (nSPS) is 16.6. The lowest BCUT2D eigenvalue weighted by Gasteiger charge is -2.39. The molecule has 5 heteroatoms. The lowest BCUT2D eigenvalue weighted by Crippen LogP contribution is -2.57. The monoisotopic (exact) mass is 264 g/mol. The topological polar surface area (TPSA) is 53.3 Å². The molecule has 0 bridgehead atoms. The molecule has 1 aromatic carbocycles. The van der Waals surface area contributed by atoms with Gasteiger partial charge in [-0.15, -0.1) is 11.6 Å². The number of carbonyl (C=O) groups excluding carboxylic acids is 1. The van der Waals surface area contributed by atoms with Crippen LogP contribution >= 0.6 is 11.6 Å². The lowest BCUT2D eigenvalue weighted by molar-refractivity contribution is -0.139. The fraction of sp³-hybridized carbons (Fsp3) is 0.385. The summed E-state index contributed by atoms with van der Waals surface area (Å²) in [5.74, 6) is 0.654. The van der Waals surface area contributed by atoms with E-state index in [-0.39, 0.29) is 12.0 Å². The summed E-state index contributed by atoms with van der Waals surface area (Å²) < 4.78 is 5.66. The van der Waals surface area contributed by atoms with Gasteiger partial charge in [0, 0.05) is 0 Å². The number of amides is 1. The number of hydrogen-bond acceptors (Lipinski definition) is 3. The molecule has 2 rings (SSSR count). The summed E-state index contributed by atoms with van der Waals surface area (Å²) >= 11 is 5.71. The molecule has 0 aromatic heterocycles. The minimum Gasteiger partial charge on any atom is -0.487 e. The average Bonchev–Trinajstić information content (AvgIpc) is 2.33. The van der Waals surface area contributed by atoms with E-state index in [9.17, 15) is 4.79 Å². The molecule has 1 amide bonds. The van der Waals surface area contributed by atoms with Crippen LogP contribution < -0.4 is 4.74 Å². The molecule has 94 valence electrons. The van der Waals surface area contributed by atoms with E-state index in [0.717, 1.165) is 0 Å². The Balaban J connectivity index is 1.83. The molecule has 1 aliphatic heterocycles. The van der Waals surface area contributed by atoms with Gasteiger partial charge in [-0.2, -0.15) is 5.26 Å². The van der Waals surface area contributed by atoms with Crippen LogP contribution in [0, 0.1) is 11.3 Å². The van der Waals surface area contributed by atoms with Gasteiger partial charge in [0.1, 0.15) is 17.2 Å². The van der Waals surface area contributed by atoms with Gasteiger partial charge in [0.25, 0.3) is 0 Å². The molecule has 1 atom stereocenters. The Morgan fingerprint density at radius 1 is 1.50 bits per heavy atom. The van der Waals surface area contributed by atoms with E-state index in [1.807, 2.05) is 6.07 Å². The number of carbonyl (C=O) groups is 1. The number of nitriles is 1. The third-order valence-electron chi connectivity index (χ3n) is 2.79. The van der Waals surface area contributed by atoms with Crippen LogP contribution in [0.25, 0.3) is 0 Å². The maximum absolute atomic E-state index is 11.5. The average molecular weight is 265 g/mol. The van der Waals surface area contributed by atoms with Crippen molar-refractivity contribution in [3.05, 3.63) is 29.8 Å². The first-order valence-electron chi connectivity index (χ1n) is 5.70. The molecule has 1 aromatic rings. The number of nitrogens with zero attached hydrogens (tertiary/aromatic N) is 2. The highest BCUT2D eigenvalue weighted by Gasteiger charge is 2.33. The van der Waals surface area contributed by atoms with Crippen molar-refractivity contribution >= 4 is 17.5 Å². The summed E-state index contributed by atoms with van der Waals surface area (Å²) in [6.45, 7) is 2.80. The highest BCUT2D eigenvalue weighted by atomic mass is 35.5. The Morgan fingerprint density at radius 2 is 2.11 bits per heavy atom. The number of ether oxygens (including phenoxy) is 1. The number of hydrogen-bond donors (Lipinski definition) is 0. The van der Waals surface area contributed by atoms with Crippen molar-refractivity contribution < 1.29 is 9.53 Å². The molecule has 4 nitrogen and oxygen atoms in total. The second-order valence-electron chi connectivity index (χ2n) is 4.24. The van der Waals surface area contributed by atoms with E-state index in [4.69, 9.17) is 21.6 Å². The zero-order valence-corrected chi connectivity index (χ0v) is 10.7. The van der Waals surface area contributed by atoms with Crippen molar-refractivity contribution in [2.45, 2.75) is 18.4 Å². The molecular weight excluding hydrogens is 252 g/mol. The van der Waals surface area contributed by atoms with E-state index in [1.54, 1.807) is 36.1 Å². The largest absolute Gasteiger partial charge is 0.487 e. The molecule has 0 N–H and O–H groups in total. The van der Waals surface area contributed by atoms with Gasteiger partial charge in [-0.3, -0.25) is 4.79 Å². The Kier molecular flexibility index (Phi) is 3.73. The number of halogens is 1. The third-order valence-corrected chi connectivity index (χ3v) is 2.97. The van der Waals surface area contributed by atoms with Gasteiger partial charge in [0.2, 0.25) is 5.91 Å². The number of benzene rings is 1. The summed E-state index contributed by atoms with van der Waals surface area (Å²) in [5, 5.41) is 8.18. The molecule has 0 aliphatic carbocycles. The van der Waals surface area contributed by atoms with Gasteiger partial charge in [-0.25, -0.2) is 0 Å². The second-order valence-corrected chi connectivity index (χ2v) is 4.89. The number of alkyl halides is 1. The predicted molar refractivity (Wildman–Crippen MR) is 67.5 cm³/mol. The van der Waals surface area contributed by atoms with Crippen LogP contribution in [0.4, 0.5) is 0 Å². The minimum atomic E-state index is -0.485. The van der Waals surface area contributed by atoms with Crippen molar-refractivity contribution in [3.63, 3.8) is 0 Å². The van der Waals surface area contributed by atoms with Crippen LogP contribution in [0.2, 0.25) is 0 Å². The maximum atomic E-state index is 11.5. The SMILES string of the molecule is CC(Cl)C(=O)N1CC(Oc2ccc(C#N)cc2)C1. The Bertz CT molecular complexity index is 473. The van der Waals surface area contributed by atoms with Gasteiger partial charge < -0.3 is 9.64 Å². The summed E-state index contributed by atoms with van der Waals surface area (Å²) in [6, 6.07) is 8.97. The predicted octanol–water partition coefficient (Wildman–Crippen LogP) is 1.78. The molecule has 0 radical (unpaired) electrons. The fourth-order valence-electron chi connectivity index (χ4n) is 1.74. The van der Waals surface area contributed by atoms with E-state index >= 15 is 0 Å². The molecule has 1 fully saturated rings. The summed E-state index contributed by atoms with van der Waals surface area (Å²) in [4.78, 5) is 13.2. The fourth-order valence-corrected chi connectivity index (χ4v) is 1.88. The second kappa shape index (κ2) is 5.28. The van der Waals surface area contributed by atoms with Gasteiger partial charge in [-0.05, 0) is 31.2 Å². The standard InChI is InChI=1S/C13H13ClN2O2/c1-9(14)13(17)16-7-12(8-16)18-11-4-2-10(6-15)3-5-11/h2-5,9,12H,7-8H2,1H3. The Labute approximate surface area is 111 Å². The van der Waals surface area contributed by atoms with E-state index < -0.39 is 5.38 Å². The number of likely N-dealkylation sites (tertiary alicyclic amines) is 1. The zero-order valence-electron chi connectivity index (χ0n) is 9.97. The highest BCUT2D eigenvalue weighted by Crippen LogP contribution is 2.19. The van der Waals surface area contributed by atoms with Crippen molar-refractivity contribution in [2.75, 3.05) is 13.1 Å². The third kappa shape index (κ3) is 2.74. The smallest absolute Gasteiger partial charge is 0.240 e. The Morgan fingerprint density at radius 3 is 2.61 bits per heavy atom. The summed E-state index contributed by atoms with van der Waals surface area (Å²) in [7, 11) is 0. The zero-order chi connectivity index (χ0) is 13.1. The maximum Gasteiger partial charge on any atom is 0.240 e. The quantitative estimate of drug-likeness (QED) is 0.782. The molecule has 0 spiro atoms. The van der Waals surface area contributed by atoms with Crippen molar-refractivity contribution in [1.82, 2.24) is 4.90 Å². The molecule has 1 unspecified atom stereocenters. The van der Waals surface area contributed by atoms with Gasteiger partial charge in [0.15, 0.2) is 0 Å². The van der Waals surface area contributed by atoms with Gasteiger partial charge in [-0.1, -0.05) is 0 Å². The van der Waals surface area contributed by atoms with Gasteiger partial charge >= 0.3 is 0 Å². The Hall–Kier alpha value is -1.73. The molecule has 1 aliphatic rings. The number of rotatable bonds is 3. The van der Waals surface area contributed by atoms with Crippen LogP contribution in [-0.2, 0) is 4.79 Å². The molecule has 0 saturated carbocycles. The van der Waals surface area contributed by atoms with Gasteiger partial charge in [0.05, 0.1) is 24.7 Å². The van der Waals surface area contributed by atoms with Crippen molar-refractivity contribution in [3.8, 4) is 11.8 Å². The van der Waals surface area contributed by atoms with Crippen molar-refractivity contribution in [1.29, 1.82) is 5.26 Å². The van der Waals surface area contributed by atoms with Crippen LogP contribution in [-0.4, -0.2) is 35.4 Å². The van der Waals surface area contributed by atoms with E-state index in [0.29, 0.717) is 24.4 Å². The van der Waals surface area contributed by atoms with Crippen LogP contribution in [0.15, 0.2) is 24.3 Å². The first-order chi connectivity index (χ1) is 8.60. The van der Waals surface area contributed by atoms with Crippen LogP contribution in [0.3, 0.4) is 0 Å². The van der Waals surface area contributed by atoms with E-state index in [1.165, 1.54) is 0 Å². The molecular formula is C13H13ClN2O2. The lowest BCUT2D eigenvalue weighted by atomic mass is 10.1. The van der Waals surface area contributed by atoms with E-state index in [2.05, 4.69) is 0 Å². The van der Waals surface area contributed by atoms with Crippen molar-refractivity contribution in [2.24, 2.45) is 0 Å². The summed E-state index contributed by atoms with van der Waals surface area (Å²) in [5.41, 5.74) is 0.601. The first kappa shape index (κ1) is 12.7.